The molecule has 0 aromatic heterocycles. The highest BCUT2D eigenvalue weighted by atomic mass is 32.2. The number of benzene rings is 2. The number of anilines is 1. The summed E-state index contributed by atoms with van der Waals surface area (Å²) in [5.41, 5.74) is 2.98. The van der Waals surface area contributed by atoms with Gasteiger partial charge in [-0.25, -0.2) is 8.42 Å². The van der Waals surface area contributed by atoms with E-state index in [1.807, 2.05) is 70.2 Å². The zero-order valence-corrected chi connectivity index (χ0v) is 21.7. The van der Waals surface area contributed by atoms with E-state index in [4.69, 9.17) is 0 Å². The lowest BCUT2D eigenvalue weighted by atomic mass is 10.1. The molecule has 2 aromatic rings. The lowest BCUT2D eigenvalue weighted by Crippen LogP contribution is -2.52. The molecule has 186 valence electrons. The first-order valence-corrected chi connectivity index (χ1v) is 13.6. The normalized spacial score (nSPS) is 12.1. The Hall–Kier alpha value is -2.87. The number of sulfonamides is 1. The number of aryl methyl sites for hydroxylation is 2. The summed E-state index contributed by atoms with van der Waals surface area (Å²) in [5.74, 6) is -0.648. The Labute approximate surface area is 204 Å². The fourth-order valence-corrected chi connectivity index (χ4v) is 4.69. The Balaban J connectivity index is 2.41. The van der Waals surface area contributed by atoms with Crippen LogP contribution in [0.2, 0.25) is 0 Å². The molecule has 2 aromatic carbocycles. The van der Waals surface area contributed by atoms with E-state index < -0.39 is 22.0 Å². The average Bonchev–Trinajstić information content (AvgIpc) is 2.79. The van der Waals surface area contributed by atoms with Crippen LogP contribution in [0.1, 0.15) is 49.8 Å². The third-order valence-corrected chi connectivity index (χ3v) is 6.85. The molecule has 0 saturated heterocycles. The molecule has 34 heavy (non-hydrogen) atoms. The van der Waals surface area contributed by atoms with Crippen LogP contribution < -0.4 is 9.62 Å². The molecule has 1 atom stereocenters. The number of hydrogen-bond donors (Lipinski definition) is 1. The van der Waals surface area contributed by atoms with E-state index in [0.29, 0.717) is 18.7 Å². The number of nitrogens with zero attached hydrogens (tertiary/aromatic N) is 2. The first-order chi connectivity index (χ1) is 16.1. The lowest BCUT2D eigenvalue weighted by Gasteiger charge is -2.33. The van der Waals surface area contributed by atoms with Gasteiger partial charge in [0.15, 0.2) is 0 Å². The van der Waals surface area contributed by atoms with Gasteiger partial charge in [0.1, 0.15) is 12.6 Å². The second kappa shape index (κ2) is 12.6. The molecule has 2 rings (SSSR count). The molecule has 0 aliphatic rings. The molecular weight excluding hydrogens is 450 g/mol. The average molecular weight is 488 g/mol. The zero-order valence-electron chi connectivity index (χ0n) is 20.9. The maximum absolute atomic E-state index is 13.6. The van der Waals surface area contributed by atoms with Crippen molar-refractivity contribution in [1.82, 2.24) is 10.2 Å². The van der Waals surface area contributed by atoms with Crippen LogP contribution in [0.4, 0.5) is 5.69 Å². The van der Waals surface area contributed by atoms with Gasteiger partial charge < -0.3 is 10.2 Å². The monoisotopic (exact) mass is 487 g/mol. The van der Waals surface area contributed by atoms with Crippen molar-refractivity contribution in [3.63, 3.8) is 0 Å². The summed E-state index contributed by atoms with van der Waals surface area (Å²) in [6, 6.07) is 14.2. The molecule has 0 spiro atoms. The molecule has 0 aliphatic carbocycles. The number of amides is 2. The highest BCUT2D eigenvalue weighted by molar-refractivity contribution is 7.92. The van der Waals surface area contributed by atoms with Crippen LogP contribution in [0, 0.1) is 13.8 Å². The molecule has 0 heterocycles. The minimum atomic E-state index is -3.74. The number of hydrogen-bond acceptors (Lipinski definition) is 4. The van der Waals surface area contributed by atoms with Gasteiger partial charge in [0, 0.05) is 13.1 Å². The molecule has 0 saturated carbocycles. The summed E-state index contributed by atoms with van der Waals surface area (Å²) in [7, 11) is -3.74. The molecule has 0 bridgehead atoms. The standard InChI is InChI=1S/C26H37N3O4S/c1-6-8-16-27-26(31)23(7-2)28(18-22-12-10-9-11-13-22)25(30)19-29(34(5,32)33)24-17-20(3)14-15-21(24)4/h9-15,17,23H,6-8,16,18-19H2,1-5H3,(H,27,31)/t23-/m0/s1. The van der Waals surface area contributed by atoms with Crippen LogP contribution in [0.25, 0.3) is 0 Å². The highest BCUT2D eigenvalue weighted by Gasteiger charge is 2.32. The summed E-state index contributed by atoms with van der Waals surface area (Å²) in [6.07, 6.45) is 3.31. The smallest absolute Gasteiger partial charge is 0.244 e. The van der Waals surface area contributed by atoms with E-state index >= 15 is 0 Å². The van der Waals surface area contributed by atoms with E-state index in [1.165, 1.54) is 4.90 Å². The SMILES string of the molecule is CCCCNC(=O)[C@H](CC)N(Cc1ccccc1)C(=O)CN(c1cc(C)ccc1C)S(C)(=O)=O. The quantitative estimate of drug-likeness (QED) is 0.462. The number of carbonyl (C=O) groups excluding carboxylic acids is 2. The van der Waals surface area contributed by atoms with Crippen molar-refractivity contribution in [2.24, 2.45) is 0 Å². The Bertz CT molecular complexity index is 1070. The molecule has 0 radical (unpaired) electrons. The molecule has 0 aliphatic heterocycles. The molecule has 0 unspecified atom stereocenters. The van der Waals surface area contributed by atoms with Crippen LogP contribution in [0.3, 0.4) is 0 Å². The number of unbranched alkanes of at least 4 members (excludes halogenated alkanes) is 1. The van der Waals surface area contributed by atoms with Crippen LogP contribution in [0.15, 0.2) is 48.5 Å². The maximum atomic E-state index is 13.6. The molecule has 0 fully saturated rings. The predicted molar refractivity (Wildman–Crippen MR) is 137 cm³/mol. The van der Waals surface area contributed by atoms with Gasteiger partial charge in [-0.1, -0.05) is 62.7 Å². The van der Waals surface area contributed by atoms with Gasteiger partial charge in [-0.3, -0.25) is 13.9 Å². The van der Waals surface area contributed by atoms with Gasteiger partial charge in [0.2, 0.25) is 21.8 Å². The van der Waals surface area contributed by atoms with Crippen LogP contribution in [-0.4, -0.2) is 50.5 Å². The third-order valence-electron chi connectivity index (χ3n) is 5.72. The van der Waals surface area contributed by atoms with Crippen LogP contribution in [0.5, 0.6) is 0 Å². The van der Waals surface area contributed by atoms with Crippen molar-refractivity contribution in [2.45, 2.75) is 59.5 Å². The lowest BCUT2D eigenvalue weighted by molar-refractivity contribution is -0.140. The summed E-state index contributed by atoms with van der Waals surface area (Å²) in [6.45, 7) is 7.96. The maximum Gasteiger partial charge on any atom is 0.244 e. The topological polar surface area (TPSA) is 86.8 Å². The van der Waals surface area contributed by atoms with Gasteiger partial charge in [0.05, 0.1) is 11.9 Å². The van der Waals surface area contributed by atoms with Crippen molar-refractivity contribution in [3.05, 3.63) is 65.2 Å². The first kappa shape index (κ1) is 27.4. The second-order valence-electron chi connectivity index (χ2n) is 8.64. The third kappa shape index (κ3) is 7.58. The van der Waals surface area contributed by atoms with Gasteiger partial charge >= 0.3 is 0 Å². The van der Waals surface area contributed by atoms with E-state index in [2.05, 4.69) is 5.32 Å². The Morgan fingerprint density at radius 1 is 1.03 bits per heavy atom. The number of rotatable bonds is 12. The van der Waals surface area contributed by atoms with Crippen molar-refractivity contribution in [3.8, 4) is 0 Å². The van der Waals surface area contributed by atoms with Gasteiger partial charge in [0.25, 0.3) is 0 Å². The van der Waals surface area contributed by atoms with Crippen molar-refractivity contribution >= 4 is 27.5 Å². The van der Waals surface area contributed by atoms with Crippen molar-refractivity contribution in [1.29, 1.82) is 0 Å². The second-order valence-corrected chi connectivity index (χ2v) is 10.5. The van der Waals surface area contributed by atoms with Crippen molar-refractivity contribution in [2.75, 3.05) is 23.7 Å². The Morgan fingerprint density at radius 3 is 2.29 bits per heavy atom. The fourth-order valence-electron chi connectivity index (χ4n) is 3.79. The molecule has 8 heteroatoms. The predicted octanol–water partition coefficient (Wildman–Crippen LogP) is 3.79. The summed E-state index contributed by atoms with van der Waals surface area (Å²) >= 11 is 0. The van der Waals surface area contributed by atoms with Gasteiger partial charge in [-0.05, 0) is 49.4 Å². The first-order valence-electron chi connectivity index (χ1n) is 11.7. The fraction of sp³-hybridized carbons (Fsp3) is 0.462. The van der Waals surface area contributed by atoms with E-state index in [9.17, 15) is 18.0 Å². The van der Waals surface area contributed by atoms with Crippen LogP contribution in [-0.2, 0) is 26.2 Å². The van der Waals surface area contributed by atoms with Gasteiger partial charge in [-0.2, -0.15) is 0 Å². The molecule has 2 amide bonds. The summed E-state index contributed by atoms with van der Waals surface area (Å²) in [5, 5.41) is 2.92. The summed E-state index contributed by atoms with van der Waals surface area (Å²) in [4.78, 5) is 28.1. The van der Waals surface area contributed by atoms with Crippen molar-refractivity contribution < 1.29 is 18.0 Å². The highest BCUT2D eigenvalue weighted by Crippen LogP contribution is 2.24. The Kier molecular flexibility index (Phi) is 10.1. The molecular formula is C26H37N3O4S. The number of nitrogens with one attached hydrogen (secondary N) is 1. The largest absolute Gasteiger partial charge is 0.354 e. The van der Waals surface area contributed by atoms with Gasteiger partial charge in [-0.15, -0.1) is 0 Å². The van der Waals surface area contributed by atoms with Crippen LogP contribution >= 0.6 is 0 Å². The molecule has 7 nitrogen and oxygen atoms in total. The molecule has 1 N–H and O–H groups in total. The Morgan fingerprint density at radius 2 is 1.71 bits per heavy atom. The number of carbonyl (C=O) groups is 2. The zero-order chi connectivity index (χ0) is 25.3. The van der Waals surface area contributed by atoms with E-state index in [0.717, 1.165) is 40.1 Å². The summed E-state index contributed by atoms with van der Waals surface area (Å²) < 4.78 is 26.6. The minimum Gasteiger partial charge on any atom is -0.354 e. The van der Waals surface area contributed by atoms with E-state index in [1.54, 1.807) is 6.07 Å². The van der Waals surface area contributed by atoms with E-state index in [-0.39, 0.29) is 19.0 Å². The minimum absolute atomic E-state index is 0.212.